The second kappa shape index (κ2) is 6.87. The topological polar surface area (TPSA) is 38.0 Å². The third-order valence-electron chi connectivity index (χ3n) is 3.34. The summed E-state index contributed by atoms with van der Waals surface area (Å²) in [4.78, 5) is 0. The molecule has 0 aromatic heterocycles. The summed E-state index contributed by atoms with van der Waals surface area (Å²) < 4.78 is 1.19. The largest absolute Gasteiger partial charge is 0.326 e. The lowest BCUT2D eigenvalue weighted by Gasteiger charge is -2.27. The SMILES string of the molecule is CC(C)(N)CCCNCC(C)(C)c1ccccc1Br. The molecule has 108 valence electrons. The van der Waals surface area contributed by atoms with Crippen molar-refractivity contribution in [3.63, 3.8) is 0 Å². The summed E-state index contributed by atoms with van der Waals surface area (Å²) in [6.07, 6.45) is 2.17. The molecule has 19 heavy (non-hydrogen) atoms. The Morgan fingerprint density at radius 3 is 2.37 bits per heavy atom. The van der Waals surface area contributed by atoms with Crippen molar-refractivity contribution in [2.75, 3.05) is 13.1 Å². The number of hydrogen-bond acceptors (Lipinski definition) is 2. The summed E-state index contributed by atoms with van der Waals surface area (Å²) in [6, 6.07) is 8.45. The maximum absolute atomic E-state index is 5.98. The predicted molar refractivity (Wildman–Crippen MR) is 87.5 cm³/mol. The van der Waals surface area contributed by atoms with Crippen LogP contribution in [0.1, 0.15) is 46.1 Å². The van der Waals surface area contributed by atoms with Crippen molar-refractivity contribution >= 4 is 15.9 Å². The van der Waals surface area contributed by atoms with Crippen LogP contribution in [0.3, 0.4) is 0 Å². The van der Waals surface area contributed by atoms with Gasteiger partial charge in [0, 0.05) is 22.0 Å². The number of nitrogens with two attached hydrogens (primary N) is 1. The molecule has 0 saturated heterocycles. The van der Waals surface area contributed by atoms with Crippen LogP contribution in [0.2, 0.25) is 0 Å². The molecule has 0 aliphatic rings. The maximum Gasteiger partial charge on any atom is 0.0213 e. The van der Waals surface area contributed by atoms with Gasteiger partial charge in [0.2, 0.25) is 0 Å². The van der Waals surface area contributed by atoms with Crippen molar-refractivity contribution < 1.29 is 0 Å². The molecule has 0 saturated carbocycles. The molecule has 0 heterocycles. The molecule has 0 aliphatic carbocycles. The van der Waals surface area contributed by atoms with Gasteiger partial charge in [-0.25, -0.2) is 0 Å². The molecular weight excluding hydrogens is 300 g/mol. The van der Waals surface area contributed by atoms with Gasteiger partial charge in [0.1, 0.15) is 0 Å². The average Bonchev–Trinajstić information content (AvgIpc) is 2.27. The quantitative estimate of drug-likeness (QED) is 0.747. The molecule has 3 heteroatoms. The van der Waals surface area contributed by atoms with E-state index in [4.69, 9.17) is 5.73 Å². The summed E-state index contributed by atoms with van der Waals surface area (Å²) >= 11 is 3.64. The lowest BCUT2D eigenvalue weighted by molar-refractivity contribution is 0.423. The molecule has 0 aliphatic heterocycles. The first kappa shape index (κ1) is 16.7. The summed E-state index contributed by atoms with van der Waals surface area (Å²) in [5.74, 6) is 0. The van der Waals surface area contributed by atoms with E-state index in [2.05, 4.69) is 73.2 Å². The van der Waals surface area contributed by atoms with Crippen molar-refractivity contribution in [3.8, 4) is 0 Å². The van der Waals surface area contributed by atoms with E-state index < -0.39 is 0 Å². The Balaban J connectivity index is 2.42. The minimum atomic E-state index is -0.0559. The van der Waals surface area contributed by atoms with E-state index in [9.17, 15) is 0 Å². The van der Waals surface area contributed by atoms with Gasteiger partial charge in [-0.05, 0) is 44.9 Å². The first-order valence-electron chi connectivity index (χ1n) is 6.97. The third-order valence-corrected chi connectivity index (χ3v) is 4.04. The van der Waals surface area contributed by atoms with Crippen molar-refractivity contribution in [2.45, 2.75) is 51.5 Å². The fourth-order valence-corrected chi connectivity index (χ4v) is 3.00. The zero-order chi connectivity index (χ0) is 14.5. The zero-order valence-corrected chi connectivity index (χ0v) is 14.2. The molecule has 0 bridgehead atoms. The van der Waals surface area contributed by atoms with Crippen LogP contribution in [0, 0.1) is 0 Å². The first-order chi connectivity index (χ1) is 8.72. The van der Waals surface area contributed by atoms with Crippen LogP contribution >= 0.6 is 15.9 Å². The van der Waals surface area contributed by atoms with Gasteiger partial charge in [-0.2, -0.15) is 0 Å². The van der Waals surface area contributed by atoms with Gasteiger partial charge in [-0.3, -0.25) is 0 Å². The lowest BCUT2D eigenvalue weighted by Crippen LogP contribution is -2.36. The molecule has 3 N–H and O–H groups in total. The molecule has 0 amide bonds. The first-order valence-corrected chi connectivity index (χ1v) is 7.76. The number of benzene rings is 1. The lowest BCUT2D eigenvalue weighted by atomic mass is 9.84. The summed E-state index contributed by atoms with van der Waals surface area (Å²) in [7, 11) is 0. The normalized spacial score (nSPS) is 12.7. The van der Waals surface area contributed by atoms with Crippen molar-refractivity contribution in [1.29, 1.82) is 0 Å². The molecule has 0 spiro atoms. The van der Waals surface area contributed by atoms with Gasteiger partial charge < -0.3 is 11.1 Å². The fraction of sp³-hybridized carbons (Fsp3) is 0.625. The minimum Gasteiger partial charge on any atom is -0.326 e. The molecule has 0 atom stereocenters. The van der Waals surface area contributed by atoms with E-state index in [0.29, 0.717) is 0 Å². The Hall–Kier alpha value is -0.380. The van der Waals surface area contributed by atoms with Crippen LogP contribution in [0.4, 0.5) is 0 Å². The van der Waals surface area contributed by atoms with Crippen LogP contribution < -0.4 is 11.1 Å². The standard InChI is InChI=1S/C16H27BrN2/c1-15(2,13-8-5-6-9-14(13)17)12-19-11-7-10-16(3,4)18/h5-6,8-9,19H,7,10-12,18H2,1-4H3. The molecule has 1 aromatic carbocycles. The number of hydrogen-bond donors (Lipinski definition) is 2. The second-order valence-corrected chi connectivity index (χ2v) is 7.49. The molecule has 0 unspecified atom stereocenters. The zero-order valence-electron chi connectivity index (χ0n) is 12.6. The van der Waals surface area contributed by atoms with Crippen molar-refractivity contribution in [2.24, 2.45) is 5.73 Å². The van der Waals surface area contributed by atoms with Crippen LogP contribution in [-0.2, 0) is 5.41 Å². The highest BCUT2D eigenvalue weighted by atomic mass is 79.9. The van der Waals surface area contributed by atoms with Gasteiger partial charge >= 0.3 is 0 Å². The minimum absolute atomic E-state index is 0.0559. The average molecular weight is 327 g/mol. The molecule has 2 nitrogen and oxygen atoms in total. The Morgan fingerprint density at radius 2 is 1.79 bits per heavy atom. The van der Waals surface area contributed by atoms with Crippen molar-refractivity contribution in [3.05, 3.63) is 34.3 Å². The Labute approximate surface area is 126 Å². The van der Waals surface area contributed by atoms with Crippen LogP contribution in [-0.4, -0.2) is 18.6 Å². The van der Waals surface area contributed by atoms with E-state index in [1.165, 1.54) is 10.0 Å². The smallest absolute Gasteiger partial charge is 0.0213 e. The molecule has 0 radical (unpaired) electrons. The number of nitrogens with one attached hydrogen (secondary N) is 1. The van der Waals surface area contributed by atoms with Crippen LogP contribution in [0.15, 0.2) is 28.7 Å². The summed E-state index contributed by atoms with van der Waals surface area (Å²) in [6.45, 7) is 10.7. The molecule has 0 fully saturated rings. The predicted octanol–water partition coefficient (Wildman–Crippen LogP) is 3.83. The van der Waals surface area contributed by atoms with Gasteiger partial charge in [-0.1, -0.05) is 48.0 Å². The second-order valence-electron chi connectivity index (χ2n) is 6.63. The highest BCUT2D eigenvalue weighted by Crippen LogP contribution is 2.29. The van der Waals surface area contributed by atoms with Gasteiger partial charge in [0.25, 0.3) is 0 Å². The summed E-state index contributed by atoms with van der Waals surface area (Å²) in [5.41, 5.74) is 7.40. The van der Waals surface area contributed by atoms with E-state index >= 15 is 0 Å². The number of halogens is 1. The number of rotatable bonds is 7. The van der Waals surface area contributed by atoms with Gasteiger partial charge in [-0.15, -0.1) is 0 Å². The highest BCUT2D eigenvalue weighted by Gasteiger charge is 2.22. The van der Waals surface area contributed by atoms with Crippen molar-refractivity contribution in [1.82, 2.24) is 5.32 Å². The monoisotopic (exact) mass is 326 g/mol. The Bertz CT molecular complexity index is 394. The van der Waals surface area contributed by atoms with E-state index in [0.717, 1.165) is 25.9 Å². The Morgan fingerprint density at radius 1 is 1.16 bits per heavy atom. The fourth-order valence-electron chi connectivity index (χ4n) is 2.18. The maximum atomic E-state index is 5.98. The summed E-state index contributed by atoms with van der Waals surface area (Å²) in [5, 5.41) is 3.55. The Kier molecular flexibility index (Phi) is 6.03. The van der Waals surface area contributed by atoms with E-state index in [1.807, 2.05) is 0 Å². The van der Waals surface area contributed by atoms with E-state index in [1.54, 1.807) is 0 Å². The third kappa shape index (κ3) is 6.07. The van der Waals surface area contributed by atoms with Crippen LogP contribution in [0.25, 0.3) is 0 Å². The van der Waals surface area contributed by atoms with Gasteiger partial charge in [0.05, 0.1) is 0 Å². The van der Waals surface area contributed by atoms with Crippen LogP contribution in [0.5, 0.6) is 0 Å². The molecular formula is C16H27BrN2. The molecule has 1 rings (SSSR count). The highest BCUT2D eigenvalue weighted by molar-refractivity contribution is 9.10. The molecule has 1 aromatic rings. The van der Waals surface area contributed by atoms with Gasteiger partial charge in [0.15, 0.2) is 0 Å². The van der Waals surface area contributed by atoms with E-state index in [-0.39, 0.29) is 11.0 Å².